The van der Waals surface area contributed by atoms with E-state index in [1.54, 1.807) is 11.6 Å². The number of aromatic nitrogens is 2. The molecule has 0 bridgehead atoms. The van der Waals surface area contributed by atoms with Crippen LogP contribution in [-0.4, -0.2) is 40.6 Å². The second-order valence-corrected chi connectivity index (χ2v) is 12.2. The van der Waals surface area contributed by atoms with Crippen molar-refractivity contribution in [1.29, 1.82) is 0 Å². The van der Waals surface area contributed by atoms with Crippen LogP contribution in [0.1, 0.15) is 46.6 Å². The number of carbonyl (C=O) groups excluding carboxylic acids is 2. The van der Waals surface area contributed by atoms with Gasteiger partial charge in [0, 0.05) is 36.8 Å². The third kappa shape index (κ3) is 6.97. The molecule has 0 unspecified atom stereocenters. The monoisotopic (exact) mass is 720 g/mol. The highest BCUT2D eigenvalue weighted by Gasteiger charge is 2.63. The summed E-state index contributed by atoms with van der Waals surface area (Å²) in [4.78, 5) is 30.3. The Morgan fingerprint density at radius 1 is 1.06 bits per heavy atom. The first kappa shape index (κ1) is 34.6. The molecule has 1 aliphatic carbocycles. The molecule has 5 rings (SSSR count). The lowest BCUT2D eigenvalue weighted by molar-refractivity contribution is -0.243. The molecule has 47 heavy (non-hydrogen) atoms. The molecule has 16 heteroatoms. The number of hydrogen-bond acceptors (Lipinski definition) is 4. The number of nitrogens with zero attached hydrogens (tertiary/aromatic N) is 2. The summed E-state index contributed by atoms with van der Waals surface area (Å²) < 4.78 is 87.4. The van der Waals surface area contributed by atoms with Crippen molar-refractivity contribution >= 4 is 63.3 Å². The molecule has 1 saturated carbocycles. The van der Waals surface area contributed by atoms with E-state index in [1.807, 2.05) is 0 Å². The van der Waals surface area contributed by atoms with Crippen molar-refractivity contribution in [3.63, 3.8) is 0 Å². The largest absolute Gasteiger partial charge is 0.487 e. The van der Waals surface area contributed by atoms with E-state index in [0.29, 0.717) is 28.9 Å². The number of nitrogens with one attached hydrogen (secondary N) is 2. The van der Waals surface area contributed by atoms with Gasteiger partial charge in [-0.15, -0.1) is 0 Å². The molecule has 0 atom stereocenters. The molecule has 0 radical (unpaired) electrons. The van der Waals surface area contributed by atoms with Gasteiger partial charge in [-0.05, 0) is 54.3 Å². The highest BCUT2D eigenvalue weighted by atomic mass is 35.5. The number of imidazole rings is 1. The van der Waals surface area contributed by atoms with E-state index < -0.39 is 42.3 Å². The first-order chi connectivity index (χ1) is 22.1. The Balaban J connectivity index is 1.43. The number of hydrogen-bond donors (Lipinski definition) is 2. The van der Waals surface area contributed by atoms with Crippen LogP contribution in [0.4, 0.5) is 32.0 Å². The topological polar surface area (TPSA) is 85.2 Å². The Labute approximate surface area is 279 Å². The van der Waals surface area contributed by atoms with E-state index in [4.69, 9.17) is 39.5 Å². The maximum Gasteiger partial charge on any atom is 0.403 e. The molecule has 2 N–H and O–H groups in total. The van der Waals surface area contributed by atoms with Gasteiger partial charge >= 0.3 is 6.18 Å². The van der Waals surface area contributed by atoms with Crippen LogP contribution >= 0.6 is 34.8 Å². The predicted octanol–water partition coefficient (Wildman–Crippen LogP) is 8.51. The first-order valence-electron chi connectivity index (χ1n) is 14.1. The van der Waals surface area contributed by atoms with Crippen LogP contribution in [-0.2, 0) is 24.8 Å². The van der Waals surface area contributed by atoms with Crippen LogP contribution in [0, 0.1) is 11.2 Å². The number of carbonyl (C=O) groups is 2. The van der Waals surface area contributed by atoms with Crippen molar-refractivity contribution in [2.24, 2.45) is 12.5 Å². The smallest absolute Gasteiger partial charge is 0.403 e. The van der Waals surface area contributed by atoms with Crippen molar-refractivity contribution in [2.45, 2.75) is 44.8 Å². The van der Waals surface area contributed by atoms with Gasteiger partial charge in [0.15, 0.2) is 0 Å². The van der Waals surface area contributed by atoms with Gasteiger partial charge in [-0.25, -0.2) is 18.2 Å². The summed E-state index contributed by atoms with van der Waals surface area (Å²) in [6.45, 7) is -1.28. The quantitative estimate of drug-likeness (QED) is 0.161. The van der Waals surface area contributed by atoms with E-state index in [9.17, 15) is 35.9 Å². The first-order valence-corrected chi connectivity index (χ1v) is 15.2. The van der Waals surface area contributed by atoms with E-state index in [2.05, 4.69) is 15.6 Å². The molecule has 1 aromatic heterocycles. The van der Waals surface area contributed by atoms with Crippen molar-refractivity contribution in [3.05, 3.63) is 85.9 Å². The molecule has 250 valence electrons. The molecule has 0 aliphatic heterocycles. The SMILES string of the molecule is Cn1c(Cc2c(Cl)ccc(CNC(=O)C3(C(F)(F)F)CCC3)c2Cl)nc2cc(C(=O)Nc3ccc(F)c(Cl)c3)c(OCC(F)F)cc21. The van der Waals surface area contributed by atoms with Crippen LogP contribution in [0.25, 0.3) is 11.0 Å². The zero-order valence-electron chi connectivity index (χ0n) is 24.4. The van der Waals surface area contributed by atoms with Gasteiger partial charge in [-0.3, -0.25) is 9.59 Å². The Kier molecular flexibility index (Phi) is 9.91. The maximum atomic E-state index is 13.6. The number of aryl methyl sites for hydroxylation is 1. The maximum absolute atomic E-state index is 13.6. The lowest BCUT2D eigenvalue weighted by Gasteiger charge is -2.41. The summed E-state index contributed by atoms with van der Waals surface area (Å²) in [5.41, 5.74) is -1.03. The zero-order valence-corrected chi connectivity index (χ0v) is 26.7. The second-order valence-electron chi connectivity index (χ2n) is 11.0. The van der Waals surface area contributed by atoms with E-state index in [0.717, 1.165) is 6.07 Å². The van der Waals surface area contributed by atoms with E-state index >= 15 is 0 Å². The molecule has 7 nitrogen and oxygen atoms in total. The number of anilines is 1. The van der Waals surface area contributed by atoms with Crippen molar-refractivity contribution in [2.75, 3.05) is 11.9 Å². The molecule has 0 spiro atoms. The molecular formula is C31H25Cl3F6N4O3. The summed E-state index contributed by atoms with van der Waals surface area (Å²) in [5.74, 6) is -2.38. The number of alkyl halides is 5. The van der Waals surface area contributed by atoms with E-state index in [1.165, 1.54) is 36.4 Å². The molecule has 2 amide bonds. The fourth-order valence-corrected chi connectivity index (χ4v) is 6.02. The molecule has 0 saturated heterocycles. The number of amides is 2. The highest BCUT2D eigenvalue weighted by molar-refractivity contribution is 6.36. The van der Waals surface area contributed by atoms with Gasteiger partial charge in [0.05, 0.1) is 26.6 Å². The van der Waals surface area contributed by atoms with Crippen LogP contribution < -0.4 is 15.4 Å². The Morgan fingerprint density at radius 2 is 1.79 bits per heavy atom. The molecule has 1 heterocycles. The van der Waals surface area contributed by atoms with Gasteiger partial charge < -0.3 is 19.9 Å². The van der Waals surface area contributed by atoms with Crippen LogP contribution in [0.5, 0.6) is 5.75 Å². The standard InChI is InChI=1S/C31H25Cl3F6N4O3/c1-44-23-12-24(47-14-25(36)37)18(28(45)42-16-4-6-21(35)20(33)9-16)10-22(23)43-26(44)11-17-19(32)5-3-15(27(17)34)13-41-29(46)30(7-2-8-30)31(38,39)40/h3-6,9-10,12,25H,2,7-8,11,13-14H2,1H3,(H,41,46)(H,42,45). The average Bonchev–Trinajstić information content (AvgIpc) is 3.27. The van der Waals surface area contributed by atoms with Crippen LogP contribution in [0.3, 0.4) is 0 Å². The van der Waals surface area contributed by atoms with E-state index in [-0.39, 0.29) is 63.4 Å². The minimum atomic E-state index is -4.68. The predicted molar refractivity (Wildman–Crippen MR) is 165 cm³/mol. The summed E-state index contributed by atoms with van der Waals surface area (Å²) in [7, 11) is 1.63. The minimum absolute atomic E-state index is 0.0138. The fourth-order valence-electron chi connectivity index (χ4n) is 5.27. The lowest BCUT2D eigenvalue weighted by Crippen LogP contribution is -2.54. The minimum Gasteiger partial charge on any atom is -0.487 e. The molecular weight excluding hydrogens is 697 g/mol. The summed E-state index contributed by atoms with van der Waals surface area (Å²) in [5, 5.41) is 4.98. The average molecular weight is 722 g/mol. The molecule has 1 aliphatic rings. The summed E-state index contributed by atoms with van der Waals surface area (Å²) >= 11 is 18.9. The number of rotatable bonds is 10. The van der Waals surface area contributed by atoms with Crippen molar-refractivity contribution in [3.8, 4) is 5.75 Å². The van der Waals surface area contributed by atoms with Crippen LogP contribution in [0.15, 0.2) is 42.5 Å². The second kappa shape index (κ2) is 13.4. The van der Waals surface area contributed by atoms with Crippen molar-refractivity contribution < 1.29 is 40.7 Å². The third-order valence-corrected chi connectivity index (χ3v) is 9.20. The normalized spacial score (nSPS) is 14.3. The molecule has 1 fully saturated rings. The Morgan fingerprint density at radius 3 is 2.40 bits per heavy atom. The lowest BCUT2D eigenvalue weighted by atomic mass is 9.67. The zero-order chi connectivity index (χ0) is 34.3. The number of halogens is 9. The van der Waals surface area contributed by atoms with Gasteiger partial charge in [-0.1, -0.05) is 47.3 Å². The molecule has 4 aromatic rings. The number of fused-ring (bicyclic) bond motifs is 1. The Hall–Kier alpha value is -3.68. The van der Waals surface area contributed by atoms with Gasteiger partial charge in [0.1, 0.15) is 29.4 Å². The Bertz CT molecular complexity index is 1860. The number of benzene rings is 3. The van der Waals surface area contributed by atoms with Gasteiger partial charge in [-0.2, -0.15) is 13.2 Å². The number of ether oxygens (including phenoxy) is 1. The van der Waals surface area contributed by atoms with Crippen LogP contribution in [0.2, 0.25) is 15.1 Å². The third-order valence-electron chi connectivity index (χ3n) is 8.09. The summed E-state index contributed by atoms with van der Waals surface area (Å²) in [6, 6.07) is 9.20. The summed E-state index contributed by atoms with van der Waals surface area (Å²) in [6.07, 6.45) is -7.77. The van der Waals surface area contributed by atoms with Crippen molar-refractivity contribution in [1.82, 2.24) is 14.9 Å². The van der Waals surface area contributed by atoms with Gasteiger partial charge in [0.25, 0.3) is 12.3 Å². The fraction of sp³-hybridized carbons (Fsp3) is 0.323. The van der Waals surface area contributed by atoms with Gasteiger partial charge in [0.2, 0.25) is 5.91 Å². The highest BCUT2D eigenvalue weighted by Crippen LogP contribution is 2.53. The molecule has 3 aromatic carbocycles.